The molecule has 3 aromatic carbocycles. The van der Waals surface area contributed by atoms with Crippen LogP contribution in [-0.2, 0) is 10.2 Å². The van der Waals surface area contributed by atoms with Gasteiger partial charge in [-0.3, -0.25) is 4.79 Å². The lowest BCUT2D eigenvalue weighted by molar-refractivity contribution is -0.135. The first kappa shape index (κ1) is 29.5. The molecular formula is C37H41N5O2. The van der Waals surface area contributed by atoms with Crippen molar-refractivity contribution in [3.8, 4) is 23.2 Å². The van der Waals surface area contributed by atoms with Crippen molar-refractivity contribution in [3.63, 3.8) is 0 Å². The maximum Gasteiger partial charge on any atom is 0.308 e. The number of hydrogen-bond acceptors (Lipinski definition) is 4. The predicted octanol–water partition coefficient (Wildman–Crippen LogP) is 7.45. The number of para-hydroxylation sites is 1. The summed E-state index contributed by atoms with van der Waals surface area (Å²) in [6.07, 6.45) is 6.03. The Hall–Kier alpha value is -4.57. The van der Waals surface area contributed by atoms with Crippen molar-refractivity contribution in [2.75, 3.05) is 26.2 Å². The number of carbonyl (C=O) groups excluding carboxylic acids is 1. The number of ether oxygens (including phenoxy) is 1. The summed E-state index contributed by atoms with van der Waals surface area (Å²) in [5, 5.41) is 10.7. The molecule has 6 rings (SSSR count). The average Bonchev–Trinajstić information content (AvgIpc) is 3.69. The van der Waals surface area contributed by atoms with E-state index in [2.05, 4.69) is 79.0 Å². The van der Waals surface area contributed by atoms with E-state index in [-0.39, 0.29) is 11.8 Å². The monoisotopic (exact) mass is 587 g/mol. The van der Waals surface area contributed by atoms with Crippen LogP contribution in [0.2, 0.25) is 0 Å². The number of fused-ring (bicyclic) bond motifs is 1. The van der Waals surface area contributed by atoms with Crippen LogP contribution in [-0.4, -0.2) is 52.9 Å². The SMILES string of the molecule is Cc1cc(C)cc(-c2[nH]c3ccc(C(C)(C)C(=O)N4CCCC4)cc3c2C2CCCN(C(=NC#N)Oc3ccccc3)C2)c1. The Labute approximate surface area is 260 Å². The van der Waals surface area contributed by atoms with E-state index < -0.39 is 5.41 Å². The van der Waals surface area contributed by atoms with Crippen LogP contribution in [0.1, 0.15) is 67.7 Å². The van der Waals surface area contributed by atoms with E-state index in [1.165, 1.54) is 16.7 Å². The first-order chi connectivity index (χ1) is 21.2. The lowest BCUT2D eigenvalue weighted by atomic mass is 9.81. The summed E-state index contributed by atoms with van der Waals surface area (Å²) < 4.78 is 6.14. The van der Waals surface area contributed by atoms with Gasteiger partial charge in [-0.1, -0.05) is 41.5 Å². The van der Waals surface area contributed by atoms with Crippen LogP contribution in [0.5, 0.6) is 5.75 Å². The number of rotatable bonds is 5. The number of aromatic nitrogens is 1. The molecule has 2 aliphatic rings. The van der Waals surface area contributed by atoms with Gasteiger partial charge in [0.25, 0.3) is 0 Å². The maximum absolute atomic E-state index is 13.7. The number of likely N-dealkylation sites (tertiary alicyclic amines) is 2. The topological polar surface area (TPSA) is 84.7 Å². The molecule has 44 heavy (non-hydrogen) atoms. The highest BCUT2D eigenvalue weighted by Gasteiger charge is 2.36. The second-order valence-electron chi connectivity index (χ2n) is 12.9. The number of nitrogens with one attached hydrogen (secondary N) is 1. The Morgan fingerprint density at radius 3 is 2.36 bits per heavy atom. The second kappa shape index (κ2) is 12.2. The molecule has 0 bridgehead atoms. The van der Waals surface area contributed by atoms with Gasteiger partial charge in [-0.05, 0) is 106 Å². The number of nitrogens with zero attached hydrogens (tertiary/aromatic N) is 4. The van der Waals surface area contributed by atoms with Crippen LogP contribution in [0.3, 0.4) is 0 Å². The van der Waals surface area contributed by atoms with Crippen LogP contribution < -0.4 is 4.74 Å². The summed E-state index contributed by atoms with van der Waals surface area (Å²) >= 11 is 0. The first-order valence-electron chi connectivity index (χ1n) is 15.7. The molecule has 4 aromatic rings. The Balaban J connectivity index is 1.43. The largest absolute Gasteiger partial charge is 0.425 e. The molecule has 2 aliphatic heterocycles. The Morgan fingerprint density at radius 1 is 0.955 bits per heavy atom. The molecule has 1 N–H and O–H groups in total. The number of benzene rings is 3. The van der Waals surface area contributed by atoms with Gasteiger partial charge in [0.05, 0.1) is 11.1 Å². The van der Waals surface area contributed by atoms with E-state index in [9.17, 15) is 10.1 Å². The smallest absolute Gasteiger partial charge is 0.308 e. The van der Waals surface area contributed by atoms with Crippen molar-refractivity contribution in [3.05, 3.63) is 89.0 Å². The fourth-order valence-corrected chi connectivity index (χ4v) is 6.99. The minimum absolute atomic E-state index is 0.157. The number of piperidine rings is 1. The van der Waals surface area contributed by atoms with Gasteiger partial charge in [0, 0.05) is 43.0 Å². The van der Waals surface area contributed by atoms with Crippen LogP contribution in [0.4, 0.5) is 0 Å². The van der Waals surface area contributed by atoms with Gasteiger partial charge in [-0.25, -0.2) is 0 Å². The highest BCUT2D eigenvalue weighted by molar-refractivity contribution is 5.95. The zero-order valence-corrected chi connectivity index (χ0v) is 26.2. The molecule has 226 valence electrons. The van der Waals surface area contributed by atoms with Gasteiger partial charge in [-0.2, -0.15) is 5.26 Å². The van der Waals surface area contributed by atoms with Gasteiger partial charge in [-0.15, -0.1) is 4.99 Å². The molecule has 0 spiro atoms. The zero-order chi connectivity index (χ0) is 30.8. The lowest BCUT2D eigenvalue weighted by Gasteiger charge is -2.34. The fraction of sp³-hybridized carbons (Fsp3) is 0.378. The number of aryl methyl sites for hydroxylation is 2. The highest BCUT2D eigenvalue weighted by atomic mass is 16.5. The molecule has 7 nitrogen and oxygen atoms in total. The third-order valence-corrected chi connectivity index (χ3v) is 9.20. The van der Waals surface area contributed by atoms with Crippen molar-refractivity contribution in [2.45, 2.75) is 64.7 Å². The molecule has 2 saturated heterocycles. The molecule has 0 saturated carbocycles. The van der Waals surface area contributed by atoms with E-state index >= 15 is 0 Å². The van der Waals surface area contributed by atoms with Crippen molar-refractivity contribution < 1.29 is 9.53 Å². The molecule has 1 unspecified atom stereocenters. The second-order valence-corrected chi connectivity index (χ2v) is 12.9. The molecule has 1 amide bonds. The third kappa shape index (κ3) is 5.81. The van der Waals surface area contributed by atoms with E-state index in [1.54, 1.807) is 0 Å². The fourth-order valence-electron chi connectivity index (χ4n) is 6.99. The van der Waals surface area contributed by atoms with Crippen LogP contribution in [0.15, 0.2) is 71.7 Å². The van der Waals surface area contributed by atoms with Crippen LogP contribution >= 0.6 is 0 Å². The maximum atomic E-state index is 13.7. The summed E-state index contributed by atoms with van der Waals surface area (Å²) in [7, 11) is 0. The van der Waals surface area contributed by atoms with Crippen molar-refractivity contribution in [1.82, 2.24) is 14.8 Å². The molecule has 0 aliphatic carbocycles. The number of amides is 1. The Bertz CT molecular complexity index is 1720. The molecule has 2 fully saturated rings. The van der Waals surface area contributed by atoms with Crippen molar-refractivity contribution in [2.24, 2.45) is 4.99 Å². The van der Waals surface area contributed by atoms with Crippen LogP contribution in [0, 0.1) is 25.3 Å². The van der Waals surface area contributed by atoms with Gasteiger partial charge >= 0.3 is 6.02 Å². The number of carbonyl (C=O) groups is 1. The lowest BCUT2D eigenvalue weighted by Crippen LogP contribution is -2.42. The number of nitriles is 1. The Morgan fingerprint density at radius 2 is 1.66 bits per heavy atom. The number of aliphatic imine (C=N–C) groups is 1. The molecule has 0 radical (unpaired) electrons. The zero-order valence-electron chi connectivity index (χ0n) is 26.2. The van der Waals surface area contributed by atoms with E-state index in [0.717, 1.165) is 73.0 Å². The molecule has 7 heteroatoms. The van der Waals surface area contributed by atoms with Gasteiger partial charge in [0.1, 0.15) is 5.75 Å². The quantitative estimate of drug-likeness (QED) is 0.149. The molecule has 3 heterocycles. The summed E-state index contributed by atoms with van der Waals surface area (Å²) in [6.45, 7) is 11.5. The van der Waals surface area contributed by atoms with Gasteiger partial charge < -0.3 is 19.5 Å². The average molecular weight is 588 g/mol. The molecule has 1 aromatic heterocycles. The number of hydrogen-bond donors (Lipinski definition) is 1. The van der Waals surface area contributed by atoms with Crippen LogP contribution in [0.25, 0.3) is 22.2 Å². The normalized spacial score (nSPS) is 17.6. The van der Waals surface area contributed by atoms with Gasteiger partial charge in [0.15, 0.2) is 0 Å². The standard InChI is InChI=1S/C37H41N5O2/c1-25-19-26(2)21-28(20-25)34-33(27-11-10-18-42(23-27)36(39-24-38)44-30-12-6-5-7-13-30)31-22-29(14-15-32(31)40-34)37(3,4)35(43)41-16-8-9-17-41/h5-7,12-15,19-22,27,40H,8-11,16-18,23H2,1-4H3. The van der Waals surface area contributed by atoms with E-state index in [0.29, 0.717) is 18.3 Å². The van der Waals surface area contributed by atoms with Crippen molar-refractivity contribution >= 4 is 22.8 Å². The predicted molar refractivity (Wildman–Crippen MR) is 176 cm³/mol. The summed E-state index contributed by atoms with van der Waals surface area (Å²) in [4.78, 5) is 25.7. The van der Waals surface area contributed by atoms with Crippen molar-refractivity contribution in [1.29, 1.82) is 5.26 Å². The number of amidine groups is 1. The summed E-state index contributed by atoms with van der Waals surface area (Å²) in [5.41, 5.74) is 7.40. The van der Waals surface area contributed by atoms with Gasteiger partial charge in [0.2, 0.25) is 12.1 Å². The number of H-pyrrole nitrogens is 1. The van der Waals surface area contributed by atoms with E-state index in [1.807, 2.05) is 41.4 Å². The minimum atomic E-state index is -0.637. The number of aromatic amines is 1. The molecular weight excluding hydrogens is 546 g/mol. The molecule has 1 atom stereocenters. The first-order valence-corrected chi connectivity index (χ1v) is 15.7. The third-order valence-electron chi connectivity index (χ3n) is 9.20. The minimum Gasteiger partial charge on any atom is -0.425 e. The highest BCUT2D eigenvalue weighted by Crippen LogP contribution is 2.42. The Kier molecular flexibility index (Phi) is 8.18. The summed E-state index contributed by atoms with van der Waals surface area (Å²) in [5.74, 6) is 1.01. The van der Waals surface area contributed by atoms with E-state index in [4.69, 9.17) is 4.74 Å². The summed E-state index contributed by atoms with van der Waals surface area (Å²) in [6, 6.07) is 23.0.